The zero-order valence-corrected chi connectivity index (χ0v) is 15.6. The third kappa shape index (κ3) is 3.41. The number of likely N-dealkylation sites (tertiary alicyclic amines) is 1. The Morgan fingerprint density at radius 2 is 1.54 bits per heavy atom. The normalized spacial score (nSPS) is 23.8. The van der Waals surface area contributed by atoms with Crippen molar-refractivity contribution in [2.45, 2.75) is 50.7 Å². The van der Waals surface area contributed by atoms with E-state index in [1.165, 1.54) is 5.56 Å². The van der Waals surface area contributed by atoms with Crippen molar-refractivity contribution in [2.75, 3.05) is 13.1 Å². The first-order valence-electron chi connectivity index (χ1n) is 9.89. The van der Waals surface area contributed by atoms with Crippen molar-refractivity contribution >= 4 is 5.91 Å². The second-order valence-corrected chi connectivity index (χ2v) is 7.68. The quantitative estimate of drug-likeness (QED) is 0.814. The lowest BCUT2D eigenvalue weighted by molar-refractivity contribution is -0.138. The predicted molar refractivity (Wildman–Crippen MR) is 105 cm³/mol. The zero-order valence-electron chi connectivity index (χ0n) is 15.6. The van der Waals surface area contributed by atoms with Crippen molar-refractivity contribution in [3.8, 4) is 0 Å². The van der Waals surface area contributed by atoms with Crippen LogP contribution < -0.4 is 0 Å². The van der Waals surface area contributed by atoms with Crippen LogP contribution in [0.3, 0.4) is 0 Å². The van der Waals surface area contributed by atoms with Crippen molar-refractivity contribution in [1.29, 1.82) is 0 Å². The molecule has 2 aliphatic heterocycles. The molecule has 0 radical (unpaired) electrons. The van der Waals surface area contributed by atoms with E-state index in [9.17, 15) is 4.79 Å². The first kappa shape index (κ1) is 17.3. The highest BCUT2D eigenvalue weighted by atomic mass is 16.2. The van der Waals surface area contributed by atoms with Crippen LogP contribution in [0.4, 0.5) is 0 Å². The molecule has 0 spiro atoms. The van der Waals surface area contributed by atoms with Gasteiger partial charge in [-0.2, -0.15) is 0 Å². The molecule has 2 bridgehead atoms. The van der Waals surface area contributed by atoms with Gasteiger partial charge in [-0.25, -0.2) is 0 Å². The molecular formula is C23H28N2O. The summed E-state index contributed by atoms with van der Waals surface area (Å²) in [7, 11) is 0. The SMILES string of the molecule is CC[C@H](C(=O)N1[C@H]2CC[C@H]1CN(Cc1ccccc1)C2)c1ccccc1. The molecule has 0 aromatic heterocycles. The first-order valence-corrected chi connectivity index (χ1v) is 9.89. The van der Waals surface area contributed by atoms with Gasteiger partial charge in [0, 0.05) is 31.7 Å². The van der Waals surface area contributed by atoms with Gasteiger partial charge in [-0.05, 0) is 30.4 Å². The fourth-order valence-corrected chi connectivity index (χ4v) is 4.74. The Labute approximate surface area is 156 Å². The van der Waals surface area contributed by atoms with Gasteiger partial charge < -0.3 is 4.90 Å². The number of hydrogen-bond acceptors (Lipinski definition) is 2. The summed E-state index contributed by atoms with van der Waals surface area (Å²) < 4.78 is 0. The average Bonchev–Trinajstić information content (AvgIpc) is 2.95. The lowest BCUT2D eigenvalue weighted by Gasteiger charge is -2.42. The van der Waals surface area contributed by atoms with Crippen LogP contribution in [0, 0.1) is 0 Å². The summed E-state index contributed by atoms with van der Waals surface area (Å²) in [6.07, 6.45) is 3.16. The highest BCUT2D eigenvalue weighted by Gasteiger charge is 2.44. The van der Waals surface area contributed by atoms with Gasteiger partial charge in [0.15, 0.2) is 0 Å². The Kier molecular flexibility index (Phi) is 5.07. The Hall–Kier alpha value is -2.13. The second kappa shape index (κ2) is 7.63. The summed E-state index contributed by atoms with van der Waals surface area (Å²) in [6.45, 7) is 5.12. The predicted octanol–water partition coefficient (Wildman–Crippen LogP) is 4.06. The Morgan fingerprint density at radius 3 is 2.12 bits per heavy atom. The number of amides is 1. The lowest BCUT2D eigenvalue weighted by Crippen LogP contribution is -2.56. The molecule has 3 atom stereocenters. The fourth-order valence-electron chi connectivity index (χ4n) is 4.74. The van der Waals surface area contributed by atoms with E-state index >= 15 is 0 Å². The summed E-state index contributed by atoms with van der Waals surface area (Å²) >= 11 is 0. The van der Waals surface area contributed by atoms with E-state index in [0.717, 1.165) is 44.5 Å². The van der Waals surface area contributed by atoms with Crippen LogP contribution in [0.15, 0.2) is 60.7 Å². The van der Waals surface area contributed by atoms with Crippen LogP contribution in [-0.4, -0.2) is 40.9 Å². The lowest BCUT2D eigenvalue weighted by atomic mass is 9.94. The van der Waals surface area contributed by atoms with Crippen LogP contribution in [0.2, 0.25) is 0 Å². The van der Waals surface area contributed by atoms with Crippen LogP contribution in [0.1, 0.15) is 43.2 Å². The molecule has 0 saturated carbocycles. The molecule has 2 heterocycles. The van der Waals surface area contributed by atoms with Gasteiger partial charge in [0.1, 0.15) is 0 Å². The van der Waals surface area contributed by atoms with Crippen LogP contribution >= 0.6 is 0 Å². The van der Waals surface area contributed by atoms with Crippen molar-refractivity contribution in [3.05, 3.63) is 71.8 Å². The topological polar surface area (TPSA) is 23.6 Å². The van der Waals surface area contributed by atoms with Crippen molar-refractivity contribution in [2.24, 2.45) is 0 Å². The second-order valence-electron chi connectivity index (χ2n) is 7.68. The van der Waals surface area contributed by atoms with E-state index in [2.05, 4.69) is 59.2 Å². The Balaban J connectivity index is 1.47. The summed E-state index contributed by atoms with van der Waals surface area (Å²) in [5.41, 5.74) is 2.52. The summed E-state index contributed by atoms with van der Waals surface area (Å²) in [5.74, 6) is 0.338. The smallest absolute Gasteiger partial charge is 0.230 e. The Bertz CT molecular complexity index is 716. The molecule has 2 aromatic rings. The number of hydrogen-bond donors (Lipinski definition) is 0. The molecule has 4 rings (SSSR count). The Morgan fingerprint density at radius 1 is 0.962 bits per heavy atom. The number of benzene rings is 2. The monoisotopic (exact) mass is 348 g/mol. The minimum absolute atomic E-state index is 0.0000247. The van der Waals surface area contributed by atoms with E-state index < -0.39 is 0 Å². The van der Waals surface area contributed by atoms with Gasteiger partial charge in [-0.15, -0.1) is 0 Å². The molecule has 0 aliphatic carbocycles. The maximum Gasteiger partial charge on any atom is 0.230 e. The van der Waals surface area contributed by atoms with E-state index in [-0.39, 0.29) is 5.92 Å². The molecule has 136 valence electrons. The minimum atomic E-state index is -0.0000247. The third-order valence-corrected chi connectivity index (χ3v) is 5.97. The summed E-state index contributed by atoms with van der Waals surface area (Å²) in [6, 6.07) is 21.7. The molecule has 2 saturated heterocycles. The van der Waals surface area contributed by atoms with Crippen LogP contribution in [-0.2, 0) is 11.3 Å². The van der Waals surface area contributed by atoms with Gasteiger partial charge in [0.25, 0.3) is 0 Å². The van der Waals surface area contributed by atoms with Gasteiger partial charge >= 0.3 is 0 Å². The highest BCUT2D eigenvalue weighted by molar-refractivity contribution is 5.84. The number of fused-ring (bicyclic) bond motifs is 2. The van der Waals surface area contributed by atoms with Gasteiger partial charge in [0.05, 0.1) is 5.92 Å². The van der Waals surface area contributed by atoms with Crippen LogP contribution in [0.5, 0.6) is 0 Å². The van der Waals surface area contributed by atoms with Crippen molar-refractivity contribution in [1.82, 2.24) is 9.80 Å². The van der Waals surface area contributed by atoms with E-state index in [1.807, 2.05) is 18.2 Å². The standard InChI is InChI=1S/C23H28N2O/c1-2-22(19-11-7-4-8-12-19)23(26)25-20-13-14-21(25)17-24(16-20)15-18-9-5-3-6-10-18/h3-12,20-22H,2,13-17H2,1H3/t20-,21-,22-/m0/s1. The van der Waals surface area contributed by atoms with Crippen molar-refractivity contribution in [3.63, 3.8) is 0 Å². The summed E-state index contributed by atoms with van der Waals surface area (Å²) in [5, 5.41) is 0. The first-order chi connectivity index (χ1) is 12.8. The molecule has 2 aliphatic rings. The van der Waals surface area contributed by atoms with E-state index in [1.54, 1.807) is 0 Å². The molecular weight excluding hydrogens is 320 g/mol. The maximum absolute atomic E-state index is 13.4. The molecule has 1 amide bonds. The third-order valence-electron chi connectivity index (χ3n) is 5.97. The number of nitrogens with zero attached hydrogens (tertiary/aromatic N) is 2. The molecule has 3 heteroatoms. The number of carbonyl (C=O) groups excluding carboxylic acids is 1. The molecule has 0 unspecified atom stereocenters. The minimum Gasteiger partial charge on any atom is -0.334 e. The van der Waals surface area contributed by atoms with Crippen LogP contribution in [0.25, 0.3) is 0 Å². The van der Waals surface area contributed by atoms with Crippen molar-refractivity contribution < 1.29 is 4.79 Å². The molecule has 2 aromatic carbocycles. The summed E-state index contributed by atoms with van der Waals surface area (Å²) in [4.78, 5) is 18.1. The molecule has 3 nitrogen and oxygen atoms in total. The molecule has 0 N–H and O–H groups in total. The number of carbonyl (C=O) groups is 1. The average molecular weight is 348 g/mol. The zero-order chi connectivity index (χ0) is 17.9. The van der Waals surface area contributed by atoms with E-state index in [0.29, 0.717) is 18.0 Å². The highest BCUT2D eigenvalue weighted by Crippen LogP contribution is 2.34. The van der Waals surface area contributed by atoms with E-state index in [4.69, 9.17) is 0 Å². The number of piperazine rings is 1. The maximum atomic E-state index is 13.4. The van der Waals surface area contributed by atoms with Gasteiger partial charge in [-0.3, -0.25) is 9.69 Å². The van der Waals surface area contributed by atoms with Gasteiger partial charge in [0.2, 0.25) is 5.91 Å². The molecule has 26 heavy (non-hydrogen) atoms. The molecule has 2 fully saturated rings. The number of rotatable bonds is 5. The fraction of sp³-hybridized carbons (Fsp3) is 0.435. The van der Waals surface area contributed by atoms with Gasteiger partial charge in [-0.1, -0.05) is 67.6 Å². The largest absolute Gasteiger partial charge is 0.334 e.